The number of aliphatic hydroxyl groups excluding tert-OH is 1. The zero-order valence-corrected chi connectivity index (χ0v) is 9.22. The number of aromatic nitrogens is 1. The summed E-state index contributed by atoms with van der Waals surface area (Å²) in [7, 11) is 1.91. The Morgan fingerprint density at radius 2 is 2.21 bits per heavy atom. The van der Waals surface area contributed by atoms with Crippen LogP contribution in [-0.2, 0) is 7.05 Å². The van der Waals surface area contributed by atoms with Gasteiger partial charge in [0.05, 0.1) is 10.0 Å². The molecule has 2 nitrogen and oxygen atoms in total. The van der Waals surface area contributed by atoms with Gasteiger partial charge in [-0.3, -0.25) is 0 Å². The van der Waals surface area contributed by atoms with Crippen LogP contribution in [0.4, 0.5) is 0 Å². The van der Waals surface area contributed by atoms with E-state index >= 15 is 0 Å². The van der Waals surface area contributed by atoms with Gasteiger partial charge >= 0.3 is 0 Å². The first-order valence-corrected chi connectivity index (χ1v) is 5.42. The topological polar surface area (TPSA) is 25.2 Å². The smallest absolute Gasteiger partial charge is 0.128 e. The first-order valence-electron chi connectivity index (χ1n) is 4.23. The highest BCUT2D eigenvalue weighted by atomic mass is 35.5. The van der Waals surface area contributed by atoms with Crippen LogP contribution in [0, 0.1) is 0 Å². The maximum Gasteiger partial charge on any atom is 0.128 e. The molecule has 0 aromatic carbocycles. The number of halogens is 1. The molecule has 1 atom stereocenters. The summed E-state index contributed by atoms with van der Waals surface area (Å²) >= 11 is 7.21. The Labute approximate surface area is 91.4 Å². The summed E-state index contributed by atoms with van der Waals surface area (Å²) in [6.07, 6.45) is 1.33. The van der Waals surface area contributed by atoms with Crippen molar-refractivity contribution in [2.45, 2.75) is 6.10 Å². The monoisotopic (exact) mass is 227 g/mol. The molecule has 0 aliphatic heterocycles. The second-order valence-corrected chi connectivity index (χ2v) is 4.84. The largest absolute Gasteiger partial charge is 0.381 e. The van der Waals surface area contributed by atoms with Crippen molar-refractivity contribution in [3.8, 4) is 0 Å². The minimum atomic E-state index is -0.576. The van der Waals surface area contributed by atoms with E-state index in [0.717, 1.165) is 10.6 Å². The van der Waals surface area contributed by atoms with E-state index in [9.17, 15) is 5.11 Å². The minimum absolute atomic E-state index is 0.576. The van der Waals surface area contributed by atoms with Gasteiger partial charge in [0, 0.05) is 18.1 Å². The maximum absolute atomic E-state index is 10.0. The van der Waals surface area contributed by atoms with E-state index in [0.29, 0.717) is 4.34 Å². The van der Waals surface area contributed by atoms with Crippen LogP contribution in [0.1, 0.15) is 16.7 Å². The van der Waals surface area contributed by atoms with Gasteiger partial charge < -0.3 is 9.67 Å². The van der Waals surface area contributed by atoms with Crippen molar-refractivity contribution in [3.05, 3.63) is 45.4 Å². The van der Waals surface area contributed by atoms with Crippen LogP contribution >= 0.6 is 22.9 Å². The third-order valence-corrected chi connectivity index (χ3v) is 3.41. The van der Waals surface area contributed by atoms with Crippen molar-refractivity contribution in [3.63, 3.8) is 0 Å². The summed E-state index contributed by atoms with van der Waals surface area (Å²) in [6.45, 7) is 0. The number of hydrogen-bond donors (Lipinski definition) is 1. The maximum atomic E-state index is 10.0. The zero-order valence-electron chi connectivity index (χ0n) is 7.64. The second kappa shape index (κ2) is 3.77. The van der Waals surface area contributed by atoms with Gasteiger partial charge in [-0.15, -0.1) is 11.3 Å². The molecule has 2 aromatic heterocycles. The van der Waals surface area contributed by atoms with Crippen molar-refractivity contribution in [2.24, 2.45) is 7.05 Å². The molecule has 0 saturated carbocycles. The van der Waals surface area contributed by atoms with E-state index in [1.807, 2.05) is 36.0 Å². The molecule has 74 valence electrons. The van der Waals surface area contributed by atoms with Crippen molar-refractivity contribution in [1.82, 2.24) is 4.57 Å². The van der Waals surface area contributed by atoms with Crippen LogP contribution in [0.15, 0.2) is 30.5 Å². The predicted octanol–water partition coefficient (Wildman–Crippen LogP) is 2.82. The average Bonchev–Trinajstić information content (AvgIpc) is 2.73. The van der Waals surface area contributed by atoms with E-state index in [-0.39, 0.29) is 0 Å². The van der Waals surface area contributed by atoms with Gasteiger partial charge in [-0.05, 0) is 24.3 Å². The van der Waals surface area contributed by atoms with Gasteiger partial charge in [0.2, 0.25) is 0 Å². The lowest BCUT2D eigenvalue weighted by atomic mass is 10.2. The summed E-state index contributed by atoms with van der Waals surface area (Å²) in [5.74, 6) is 0. The number of rotatable bonds is 2. The summed E-state index contributed by atoms with van der Waals surface area (Å²) in [4.78, 5) is 0.872. The average molecular weight is 228 g/mol. The lowest BCUT2D eigenvalue weighted by molar-refractivity contribution is 0.215. The molecule has 14 heavy (non-hydrogen) atoms. The van der Waals surface area contributed by atoms with E-state index in [4.69, 9.17) is 11.6 Å². The molecular formula is C10H10ClNOS. The molecule has 0 unspecified atom stereocenters. The lowest BCUT2D eigenvalue weighted by Crippen LogP contribution is -2.02. The van der Waals surface area contributed by atoms with Crippen LogP contribution in [0.25, 0.3) is 0 Å². The van der Waals surface area contributed by atoms with Crippen molar-refractivity contribution < 1.29 is 5.11 Å². The van der Waals surface area contributed by atoms with Gasteiger partial charge in [-0.2, -0.15) is 0 Å². The zero-order chi connectivity index (χ0) is 10.1. The third kappa shape index (κ3) is 1.71. The third-order valence-electron chi connectivity index (χ3n) is 2.13. The molecule has 0 spiro atoms. The van der Waals surface area contributed by atoms with E-state index in [2.05, 4.69) is 0 Å². The molecule has 4 heteroatoms. The highest BCUT2D eigenvalue weighted by molar-refractivity contribution is 7.16. The minimum Gasteiger partial charge on any atom is -0.381 e. The molecule has 0 fully saturated rings. The molecule has 0 radical (unpaired) electrons. The lowest BCUT2D eigenvalue weighted by Gasteiger charge is -2.09. The fourth-order valence-electron chi connectivity index (χ4n) is 1.38. The van der Waals surface area contributed by atoms with Gasteiger partial charge in [-0.25, -0.2) is 0 Å². The number of hydrogen-bond acceptors (Lipinski definition) is 2. The van der Waals surface area contributed by atoms with Crippen LogP contribution in [0.3, 0.4) is 0 Å². The predicted molar refractivity (Wildman–Crippen MR) is 58.8 cm³/mol. The first-order chi connectivity index (χ1) is 6.68. The van der Waals surface area contributed by atoms with Gasteiger partial charge in [0.25, 0.3) is 0 Å². The molecule has 1 N–H and O–H groups in total. The fraction of sp³-hybridized carbons (Fsp3) is 0.200. The van der Waals surface area contributed by atoms with E-state index in [1.165, 1.54) is 11.3 Å². The van der Waals surface area contributed by atoms with Gasteiger partial charge in [0.15, 0.2) is 0 Å². The Kier molecular flexibility index (Phi) is 2.63. The molecule has 2 rings (SSSR count). The summed E-state index contributed by atoms with van der Waals surface area (Å²) in [6, 6.07) is 7.46. The van der Waals surface area contributed by atoms with Crippen molar-refractivity contribution in [2.75, 3.05) is 0 Å². The molecule has 0 aliphatic carbocycles. The fourth-order valence-corrected chi connectivity index (χ4v) is 2.44. The van der Waals surface area contributed by atoms with Crippen LogP contribution < -0.4 is 0 Å². The summed E-state index contributed by atoms with van der Waals surface area (Å²) < 4.78 is 2.60. The first kappa shape index (κ1) is 9.77. The molecule has 0 bridgehead atoms. The molecular weight excluding hydrogens is 218 g/mol. The Hall–Kier alpha value is -0.770. The standard InChI is InChI=1S/C10H10ClNOS/c1-12-6-2-3-7(12)10(13)8-4-5-9(11)14-8/h2-6,10,13H,1H3/t10-/m1/s1. The van der Waals surface area contributed by atoms with E-state index in [1.54, 1.807) is 6.07 Å². The van der Waals surface area contributed by atoms with E-state index < -0.39 is 6.10 Å². The van der Waals surface area contributed by atoms with Crippen LogP contribution in [0.5, 0.6) is 0 Å². The van der Waals surface area contributed by atoms with Crippen LogP contribution in [-0.4, -0.2) is 9.67 Å². The number of thiophene rings is 1. The Balaban J connectivity index is 2.33. The normalized spacial score (nSPS) is 13.1. The number of nitrogens with zero attached hydrogens (tertiary/aromatic N) is 1. The quantitative estimate of drug-likeness (QED) is 0.839. The molecule has 2 aromatic rings. The second-order valence-electron chi connectivity index (χ2n) is 3.09. The SMILES string of the molecule is Cn1cccc1[C@@H](O)c1ccc(Cl)s1. The molecule has 0 saturated heterocycles. The Bertz CT molecular complexity index is 435. The summed E-state index contributed by atoms with van der Waals surface area (Å²) in [5.41, 5.74) is 0.878. The molecule has 0 amide bonds. The van der Waals surface area contributed by atoms with Crippen molar-refractivity contribution in [1.29, 1.82) is 0 Å². The van der Waals surface area contributed by atoms with Crippen LogP contribution in [0.2, 0.25) is 4.34 Å². The Morgan fingerprint density at radius 1 is 1.43 bits per heavy atom. The number of aliphatic hydroxyl groups is 1. The molecule has 0 aliphatic rings. The summed E-state index contributed by atoms with van der Waals surface area (Å²) in [5, 5.41) is 10.0. The highest BCUT2D eigenvalue weighted by Gasteiger charge is 2.14. The van der Waals surface area contributed by atoms with Crippen molar-refractivity contribution >= 4 is 22.9 Å². The van der Waals surface area contributed by atoms with Gasteiger partial charge in [0.1, 0.15) is 6.10 Å². The Morgan fingerprint density at radius 3 is 2.71 bits per heavy atom. The number of aryl methyl sites for hydroxylation is 1. The van der Waals surface area contributed by atoms with Gasteiger partial charge in [-0.1, -0.05) is 11.6 Å². The highest BCUT2D eigenvalue weighted by Crippen LogP contribution is 2.30. The molecule has 2 heterocycles.